The third-order valence-corrected chi connectivity index (χ3v) is 4.02. The minimum absolute atomic E-state index is 0.226. The molecule has 2 aromatic heterocycles. The van der Waals surface area contributed by atoms with Gasteiger partial charge in [-0.15, -0.1) is 0 Å². The van der Waals surface area contributed by atoms with Gasteiger partial charge in [0.05, 0.1) is 12.7 Å². The van der Waals surface area contributed by atoms with Gasteiger partial charge in [-0.1, -0.05) is 18.2 Å². The molecule has 0 fully saturated rings. The summed E-state index contributed by atoms with van der Waals surface area (Å²) in [6, 6.07) is 14.7. The van der Waals surface area contributed by atoms with Gasteiger partial charge in [-0.25, -0.2) is 9.97 Å². The number of benzene rings is 1. The number of hydrogen-bond acceptors (Lipinski definition) is 5. The number of carbonyl (C=O) groups excluding carboxylic acids is 1. The molecular formula is C21H21N3O3. The summed E-state index contributed by atoms with van der Waals surface area (Å²) in [4.78, 5) is 21.0. The van der Waals surface area contributed by atoms with E-state index in [4.69, 9.17) is 9.47 Å². The first-order valence-corrected chi connectivity index (χ1v) is 8.55. The fraction of sp³-hybridized carbons (Fsp3) is 0.190. The summed E-state index contributed by atoms with van der Waals surface area (Å²) in [5.74, 6) is 1.42. The normalized spacial score (nSPS) is 10.3. The monoisotopic (exact) mass is 363 g/mol. The van der Waals surface area contributed by atoms with Crippen molar-refractivity contribution in [2.24, 2.45) is 0 Å². The maximum atomic E-state index is 12.4. The smallest absolute Gasteiger partial charge is 0.253 e. The molecule has 0 unspecified atom stereocenters. The van der Waals surface area contributed by atoms with E-state index >= 15 is 0 Å². The Morgan fingerprint density at radius 2 is 1.89 bits per heavy atom. The minimum atomic E-state index is -0.226. The number of aryl methyl sites for hydroxylation is 2. The summed E-state index contributed by atoms with van der Waals surface area (Å²) in [6.07, 6.45) is 1.49. The zero-order chi connectivity index (χ0) is 19.2. The third-order valence-electron chi connectivity index (χ3n) is 4.02. The van der Waals surface area contributed by atoms with Crippen LogP contribution >= 0.6 is 0 Å². The lowest BCUT2D eigenvalue weighted by atomic mass is 10.1. The molecule has 2 heterocycles. The number of ether oxygens (including phenoxy) is 2. The number of rotatable bonds is 6. The van der Waals surface area contributed by atoms with Crippen molar-refractivity contribution in [1.82, 2.24) is 15.3 Å². The van der Waals surface area contributed by atoms with Gasteiger partial charge in [0.25, 0.3) is 5.91 Å². The fourth-order valence-corrected chi connectivity index (χ4v) is 2.67. The minimum Gasteiger partial charge on any atom is -0.481 e. The molecule has 0 radical (unpaired) electrons. The van der Waals surface area contributed by atoms with Gasteiger partial charge in [0.15, 0.2) is 0 Å². The largest absolute Gasteiger partial charge is 0.481 e. The molecule has 0 saturated heterocycles. The Morgan fingerprint density at radius 1 is 1.11 bits per heavy atom. The number of hydrogen-bond donors (Lipinski definition) is 1. The first kappa shape index (κ1) is 18.4. The third kappa shape index (κ3) is 4.61. The lowest BCUT2D eigenvalue weighted by molar-refractivity contribution is 0.0950. The molecule has 0 bridgehead atoms. The lowest BCUT2D eigenvalue weighted by Crippen LogP contribution is -2.24. The predicted octanol–water partition coefficient (Wildman–Crippen LogP) is 3.82. The van der Waals surface area contributed by atoms with Gasteiger partial charge in [0.1, 0.15) is 5.75 Å². The van der Waals surface area contributed by atoms with E-state index < -0.39 is 0 Å². The summed E-state index contributed by atoms with van der Waals surface area (Å²) >= 11 is 0. The number of amides is 1. The molecule has 0 aliphatic rings. The highest BCUT2D eigenvalue weighted by Crippen LogP contribution is 2.21. The van der Waals surface area contributed by atoms with Gasteiger partial charge in [-0.05, 0) is 43.7 Å². The molecule has 3 aromatic rings. The van der Waals surface area contributed by atoms with Crippen molar-refractivity contribution in [3.63, 3.8) is 0 Å². The number of nitrogens with zero attached hydrogens (tertiary/aromatic N) is 2. The molecule has 138 valence electrons. The van der Waals surface area contributed by atoms with Crippen LogP contribution in [0.3, 0.4) is 0 Å². The highest BCUT2D eigenvalue weighted by Gasteiger charge is 2.12. The lowest BCUT2D eigenvalue weighted by Gasteiger charge is -2.13. The Labute approximate surface area is 158 Å². The molecule has 6 heteroatoms. The van der Waals surface area contributed by atoms with Crippen molar-refractivity contribution in [2.75, 3.05) is 7.11 Å². The number of aromatic nitrogens is 2. The van der Waals surface area contributed by atoms with Crippen molar-refractivity contribution >= 4 is 5.91 Å². The van der Waals surface area contributed by atoms with Gasteiger partial charge in [0, 0.05) is 30.1 Å². The molecule has 0 aliphatic carbocycles. The van der Waals surface area contributed by atoms with Crippen LogP contribution in [0.5, 0.6) is 17.5 Å². The second-order valence-corrected chi connectivity index (χ2v) is 6.05. The van der Waals surface area contributed by atoms with Gasteiger partial charge >= 0.3 is 0 Å². The van der Waals surface area contributed by atoms with Crippen LogP contribution in [-0.2, 0) is 6.54 Å². The van der Waals surface area contributed by atoms with Gasteiger partial charge < -0.3 is 14.8 Å². The molecule has 0 spiro atoms. The SMILES string of the molecule is COc1nc(C)cc(C)c1CNC(=O)c1ccc(Oc2ccccc2)nc1. The quantitative estimate of drug-likeness (QED) is 0.721. The average Bonchev–Trinajstić information content (AvgIpc) is 2.68. The average molecular weight is 363 g/mol. The number of pyridine rings is 2. The standard InChI is InChI=1S/C21H21N3O3/c1-14-11-15(2)24-21(26-3)18(14)13-23-20(25)16-9-10-19(22-12-16)27-17-7-5-4-6-8-17/h4-12H,13H2,1-3H3,(H,23,25). The van der Waals surface area contributed by atoms with E-state index in [-0.39, 0.29) is 5.91 Å². The summed E-state index contributed by atoms with van der Waals surface area (Å²) in [5.41, 5.74) is 3.20. The van der Waals surface area contributed by atoms with E-state index in [9.17, 15) is 4.79 Å². The van der Waals surface area contributed by atoms with Crippen molar-refractivity contribution in [1.29, 1.82) is 0 Å². The van der Waals surface area contributed by atoms with Crippen molar-refractivity contribution in [3.05, 3.63) is 77.1 Å². The summed E-state index contributed by atoms with van der Waals surface area (Å²) in [6.45, 7) is 4.20. The van der Waals surface area contributed by atoms with Crippen LogP contribution < -0.4 is 14.8 Å². The highest BCUT2D eigenvalue weighted by molar-refractivity contribution is 5.93. The first-order valence-electron chi connectivity index (χ1n) is 8.55. The van der Waals surface area contributed by atoms with E-state index in [1.807, 2.05) is 50.2 Å². The highest BCUT2D eigenvalue weighted by atomic mass is 16.5. The second kappa shape index (κ2) is 8.31. The van der Waals surface area contributed by atoms with Crippen molar-refractivity contribution < 1.29 is 14.3 Å². The second-order valence-electron chi connectivity index (χ2n) is 6.05. The molecule has 0 saturated carbocycles. The topological polar surface area (TPSA) is 73.3 Å². The maximum Gasteiger partial charge on any atom is 0.253 e. The molecule has 1 aromatic carbocycles. The fourth-order valence-electron chi connectivity index (χ4n) is 2.67. The van der Waals surface area contributed by atoms with Gasteiger partial charge in [0.2, 0.25) is 11.8 Å². The molecule has 6 nitrogen and oxygen atoms in total. The Bertz CT molecular complexity index is 925. The number of para-hydroxylation sites is 1. The zero-order valence-electron chi connectivity index (χ0n) is 15.5. The molecule has 0 aliphatic heterocycles. The van der Waals surface area contributed by atoms with Crippen LogP contribution in [0.2, 0.25) is 0 Å². The number of methoxy groups -OCH3 is 1. The van der Waals surface area contributed by atoms with E-state index in [0.29, 0.717) is 29.6 Å². The van der Waals surface area contributed by atoms with E-state index in [1.54, 1.807) is 19.2 Å². The van der Waals surface area contributed by atoms with Crippen LogP contribution in [0.4, 0.5) is 0 Å². The Hall–Kier alpha value is -3.41. The Balaban J connectivity index is 1.65. The van der Waals surface area contributed by atoms with E-state index in [0.717, 1.165) is 16.8 Å². The number of nitrogens with one attached hydrogen (secondary N) is 1. The van der Waals surface area contributed by atoms with Crippen molar-refractivity contribution in [2.45, 2.75) is 20.4 Å². The molecule has 0 atom stereocenters. The molecule has 27 heavy (non-hydrogen) atoms. The van der Waals surface area contributed by atoms with E-state index in [1.165, 1.54) is 6.20 Å². The van der Waals surface area contributed by atoms with Crippen LogP contribution in [0.1, 0.15) is 27.2 Å². The summed E-state index contributed by atoms with van der Waals surface area (Å²) < 4.78 is 11.0. The van der Waals surface area contributed by atoms with Crippen LogP contribution in [-0.4, -0.2) is 23.0 Å². The molecular weight excluding hydrogens is 342 g/mol. The summed E-state index contributed by atoms with van der Waals surface area (Å²) in [5, 5.41) is 2.88. The van der Waals surface area contributed by atoms with Gasteiger partial charge in [-0.3, -0.25) is 4.79 Å². The first-order chi connectivity index (χ1) is 13.1. The molecule has 1 amide bonds. The van der Waals surface area contributed by atoms with Crippen LogP contribution in [0, 0.1) is 13.8 Å². The predicted molar refractivity (Wildman–Crippen MR) is 102 cm³/mol. The van der Waals surface area contributed by atoms with Crippen molar-refractivity contribution in [3.8, 4) is 17.5 Å². The number of carbonyl (C=O) groups is 1. The summed E-state index contributed by atoms with van der Waals surface area (Å²) in [7, 11) is 1.57. The van der Waals surface area contributed by atoms with Gasteiger partial charge in [-0.2, -0.15) is 0 Å². The van der Waals surface area contributed by atoms with Crippen LogP contribution in [0.15, 0.2) is 54.7 Å². The Kier molecular flexibility index (Phi) is 5.66. The van der Waals surface area contributed by atoms with E-state index in [2.05, 4.69) is 15.3 Å². The molecule has 1 N–H and O–H groups in total. The Morgan fingerprint density at radius 3 is 2.56 bits per heavy atom. The maximum absolute atomic E-state index is 12.4. The zero-order valence-corrected chi connectivity index (χ0v) is 15.5. The van der Waals surface area contributed by atoms with Crippen LogP contribution in [0.25, 0.3) is 0 Å². The molecule has 3 rings (SSSR count).